The summed E-state index contributed by atoms with van der Waals surface area (Å²) in [4.78, 5) is 24.3. The van der Waals surface area contributed by atoms with Crippen LogP contribution in [0.4, 0.5) is 0 Å². The van der Waals surface area contributed by atoms with Gasteiger partial charge in [0.05, 0.1) is 4.90 Å². The Morgan fingerprint density at radius 1 is 0.875 bits per heavy atom. The molecule has 0 radical (unpaired) electrons. The molecule has 32 heavy (non-hydrogen) atoms. The lowest BCUT2D eigenvalue weighted by atomic mass is 10.1. The number of hydrogen-bond acceptors (Lipinski definition) is 4. The summed E-state index contributed by atoms with van der Waals surface area (Å²) in [6, 6.07) is 22.2. The van der Waals surface area contributed by atoms with Gasteiger partial charge in [0.15, 0.2) is 0 Å². The molecule has 0 saturated carbocycles. The number of hydrogen-bond donors (Lipinski definition) is 3. The van der Waals surface area contributed by atoms with E-state index in [1.165, 1.54) is 30.3 Å². The maximum absolute atomic E-state index is 12.6. The molecule has 0 aliphatic heterocycles. The summed E-state index contributed by atoms with van der Waals surface area (Å²) in [5.74, 6) is -1.15. The van der Waals surface area contributed by atoms with Crippen LogP contribution in [0.2, 0.25) is 0 Å². The Bertz CT molecular complexity index is 1240. The first kappa shape index (κ1) is 22.9. The number of aryl methyl sites for hydroxylation is 1. The number of nitrogens with one attached hydrogen (secondary N) is 3. The van der Waals surface area contributed by atoms with Crippen LogP contribution >= 0.6 is 0 Å². The van der Waals surface area contributed by atoms with E-state index in [4.69, 9.17) is 0 Å². The number of hydrazine groups is 1. The molecule has 8 heteroatoms. The van der Waals surface area contributed by atoms with Crippen molar-refractivity contribution < 1.29 is 18.0 Å². The molecule has 0 fully saturated rings. The minimum absolute atomic E-state index is 0.0492. The van der Waals surface area contributed by atoms with Gasteiger partial charge in [-0.05, 0) is 47.9 Å². The first-order valence-electron chi connectivity index (χ1n) is 9.83. The Morgan fingerprint density at radius 2 is 1.59 bits per heavy atom. The molecule has 3 rings (SSSR count). The van der Waals surface area contributed by atoms with Gasteiger partial charge in [-0.2, -0.15) is 0 Å². The average Bonchev–Trinajstić information content (AvgIpc) is 2.81. The fourth-order valence-corrected chi connectivity index (χ4v) is 3.90. The lowest BCUT2D eigenvalue weighted by molar-refractivity contribution is -0.117. The molecule has 0 saturated heterocycles. The number of rotatable bonds is 7. The van der Waals surface area contributed by atoms with Crippen LogP contribution in [-0.2, 0) is 21.4 Å². The Balaban J connectivity index is 1.59. The maximum Gasteiger partial charge on any atom is 0.269 e. The van der Waals surface area contributed by atoms with Crippen LogP contribution in [0.3, 0.4) is 0 Å². The van der Waals surface area contributed by atoms with Crippen LogP contribution in [0.1, 0.15) is 27.0 Å². The third kappa shape index (κ3) is 6.37. The SMILES string of the molecule is Cc1ccccc1/C=C/C(=O)NNC(=O)c1cccc(S(=O)(=O)NCc2ccccc2)c1. The molecule has 3 N–H and O–H groups in total. The second-order valence-corrected chi connectivity index (χ2v) is 8.74. The molecule has 3 aromatic carbocycles. The first-order chi connectivity index (χ1) is 15.3. The molecule has 0 unspecified atom stereocenters. The second-order valence-electron chi connectivity index (χ2n) is 6.97. The van der Waals surface area contributed by atoms with E-state index in [9.17, 15) is 18.0 Å². The minimum Gasteiger partial charge on any atom is -0.268 e. The van der Waals surface area contributed by atoms with Crippen molar-refractivity contribution in [2.75, 3.05) is 0 Å². The zero-order valence-corrected chi connectivity index (χ0v) is 18.2. The number of sulfonamides is 1. The van der Waals surface area contributed by atoms with Crippen molar-refractivity contribution in [1.29, 1.82) is 0 Å². The third-order valence-corrected chi connectivity index (χ3v) is 6.02. The highest BCUT2D eigenvalue weighted by Gasteiger charge is 2.16. The number of carbonyl (C=O) groups excluding carboxylic acids is 2. The number of carbonyl (C=O) groups is 2. The highest BCUT2D eigenvalue weighted by molar-refractivity contribution is 7.89. The predicted octanol–water partition coefficient (Wildman–Crippen LogP) is 2.95. The van der Waals surface area contributed by atoms with Crippen molar-refractivity contribution in [3.63, 3.8) is 0 Å². The lowest BCUT2D eigenvalue weighted by Crippen LogP contribution is -2.40. The van der Waals surface area contributed by atoms with Gasteiger partial charge in [0.25, 0.3) is 11.8 Å². The van der Waals surface area contributed by atoms with Gasteiger partial charge < -0.3 is 0 Å². The molecule has 0 aromatic heterocycles. The van der Waals surface area contributed by atoms with Gasteiger partial charge >= 0.3 is 0 Å². The van der Waals surface area contributed by atoms with Crippen molar-refractivity contribution in [2.24, 2.45) is 0 Å². The van der Waals surface area contributed by atoms with Gasteiger partial charge in [0.2, 0.25) is 10.0 Å². The third-order valence-electron chi connectivity index (χ3n) is 4.62. The van der Waals surface area contributed by atoms with Crippen LogP contribution in [0.15, 0.2) is 89.8 Å². The molecule has 0 bridgehead atoms. The maximum atomic E-state index is 12.6. The van der Waals surface area contributed by atoms with Crippen LogP contribution < -0.4 is 15.6 Å². The van der Waals surface area contributed by atoms with Gasteiger partial charge in [0.1, 0.15) is 0 Å². The molecule has 0 spiro atoms. The molecular formula is C24H23N3O4S. The zero-order chi connectivity index (χ0) is 23.0. The van der Waals surface area contributed by atoms with Gasteiger partial charge in [0, 0.05) is 18.2 Å². The normalized spacial score (nSPS) is 11.3. The van der Waals surface area contributed by atoms with Gasteiger partial charge in [-0.1, -0.05) is 60.7 Å². The number of amides is 2. The standard InChI is InChI=1S/C24H23N3O4S/c1-18-8-5-6-11-20(18)14-15-23(28)26-27-24(29)21-12-7-13-22(16-21)32(30,31)25-17-19-9-3-2-4-10-19/h2-16,25H,17H2,1H3,(H,26,28)(H,27,29)/b15-14+. The molecule has 0 aliphatic rings. The van der Waals surface area contributed by atoms with E-state index in [2.05, 4.69) is 15.6 Å². The topological polar surface area (TPSA) is 104 Å². The van der Waals surface area contributed by atoms with Crippen molar-refractivity contribution in [2.45, 2.75) is 18.4 Å². The molecular weight excluding hydrogens is 426 g/mol. The molecule has 3 aromatic rings. The zero-order valence-electron chi connectivity index (χ0n) is 17.4. The monoisotopic (exact) mass is 449 g/mol. The molecule has 0 atom stereocenters. The number of benzene rings is 3. The van der Waals surface area contributed by atoms with Crippen LogP contribution in [0, 0.1) is 6.92 Å². The Kier molecular flexibility index (Phi) is 7.54. The van der Waals surface area contributed by atoms with Gasteiger partial charge in [-0.15, -0.1) is 0 Å². The Labute approximate surface area is 187 Å². The smallest absolute Gasteiger partial charge is 0.268 e. The summed E-state index contributed by atoms with van der Waals surface area (Å²) in [5, 5.41) is 0. The van der Waals surface area contributed by atoms with Crippen LogP contribution in [-0.4, -0.2) is 20.2 Å². The van der Waals surface area contributed by atoms with E-state index in [0.29, 0.717) is 0 Å². The Hall–Kier alpha value is -3.75. The average molecular weight is 450 g/mol. The van der Waals surface area contributed by atoms with Crippen molar-refractivity contribution >= 4 is 27.9 Å². The molecule has 0 aliphatic carbocycles. The van der Waals surface area contributed by atoms with E-state index >= 15 is 0 Å². The summed E-state index contributed by atoms with van der Waals surface area (Å²) in [6.07, 6.45) is 2.94. The lowest BCUT2D eigenvalue weighted by Gasteiger charge is -2.09. The molecule has 7 nitrogen and oxygen atoms in total. The van der Waals surface area contributed by atoms with Crippen molar-refractivity contribution in [1.82, 2.24) is 15.6 Å². The summed E-state index contributed by atoms with van der Waals surface area (Å²) < 4.78 is 27.7. The molecule has 164 valence electrons. The quantitative estimate of drug-likeness (QED) is 0.381. The van der Waals surface area contributed by atoms with Gasteiger partial charge in [-0.3, -0.25) is 20.4 Å². The summed E-state index contributed by atoms with van der Waals surface area (Å²) in [7, 11) is -3.82. The largest absolute Gasteiger partial charge is 0.269 e. The van der Waals surface area contributed by atoms with Crippen LogP contribution in [0.25, 0.3) is 6.08 Å². The Morgan fingerprint density at radius 3 is 2.34 bits per heavy atom. The summed E-state index contributed by atoms with van der Waals surface area (Å²) in [6.45, 7) is 2.05. The molecule has 0 heterocycles. The van der Waals surface area contributed by atoms with E-state index in [0.717, 1.165) is 16.7 Å². The van der Waals surface area contributed by atoms with E-state index < -0.39 is 21.8 Å². The van der Waals surface area contributed by atoms with E-state index in [1.54, 1.807) is 6.08 Å². The summed E-state index contributed by atoms with van der Waals surface area (Å²) in [5.41, 5.74) is 7.37. The van der Waals surface area contributed by atoms with Crippen molar-refractivity contribution in [3.05, 3.63) is 107 Å². The van der Waals surface area contributed by atoms with Crippen molar-refractivity contribution in [3.8, 4) is 0 Å². The first-order valence-corrected chi connectivity index (χ1v) is 11.3. The minimum atomic E-state index is -3.82. The highest BCUT2D eigenvalue weighted by atomic mass is 32.2. The van der Waals surface area contributed by atoms with Gasteiger partial charge in [-0.25, -0.2) is 13.1 Å². The fraction of sp³-hybridized carbons (Fsp3) is 0.0833. The summed E-state index contributed by atoms with van der Waals surface area (Å²) >= 11 is 0. The fourth-order valence-electron chi connectivity index (χ4n) is 2.83. The van der Waals surface area contributed by atoms with E-state index in [1.807, 2.05) is 61.5 Å². The molecule has 2 amide bonds. The second kappa shape index (κ2) is 10.5. The highest BCUT2D eigenvalue weighted by Crippen LogP contribution is 2.12. The predicted molar refractivity (Wildman–Crippen MR) is 123 cm³/mol. The van der Waals surface area contributed by atoms with E-state index in [-0.39, 0.29) is 17.0 Å². The van der Waals surface area contributed by atoms with Crippen LogP contribution in [0.5, 0.6) is 0 Å².